The third kappa shape index (κ3) is 3.29. The lowest BCUT2D eigenvalue weighted by Crippen LogP contribution is -2.14. The molecule has 0 saturated carbocycles. The number of hydrogen-bond donors (Lipinski definition) is 1. The van der Waals surface area contributed by atoms with Crippen molar-refractivity contribution in [3.8, 4) is 0 Å². The number of aromatic nitrogens is 2. The van der Waals surface area contributed by atoms with Gasteiger partial charge in [0, 0.05) is 0 Å². The van der Waals surface area contributed by atoms with E-state index in [2.05, 4.69) is 15.5 Å². The summed E-state index contributed by atoms with van der Waals surface area (Å²) < 4.78 is 0. The highest BCUT2D eigenvalue weighted by atomic mass is 32.1. The molecule has 70 valence electrons. The second-order valence-corrected chi connectivity index (χ2v) is 3.73. The van der Waals surface area contributed by atoms with Crippen LogP contribution in [0.4, 0.5) is 5.13 Å². The summed E-state index contributed by atoms with van der Waals surface area (Å²) in [4.78, 5) is 21.6. The number of carbonyl (C=O) groups excluding carboxylic acids is 2. The Morgan fingerprint density at radius 1 is 1.46 bits per heavy atom. The first-order valence-corrected chi connectivity index (χ1v) is 4.49. The molecule has 1 aromatic rings. The van der Waals surface area contributed by atoms with Gasteiger partial charge < -0.3 is 5.32 Å². The zero-order valence-electron chi connectivity index (χ0n) is 7.33. The molecule has 1 rings (SSSR count). The molecule has 0 spiro atoms. The lowest BCUT2D eigenvalue weighted by atomic mass is 10.3. The zero-order valence-corrected chi connectivity index (χ0v) is 8.14. The molecule has 13 heavy (non-hydrogen) atoms. The second-order valence-electron chi connectivity index (χ2n) is 2.55. The number of carbonyl (C=O) groups is 2. The van der Waals surface area contributed by atoms with Crippen LogP contribution in [0.15, 0.2) is 0 Å². The molecule has 0 saturated heterocycles. The second kappa shape index (κ2) is 4.08. The summed E-state index contributed by atoms with van der Waals surface area (Å²) >= 11 is 1.28. The lowest BCUT2D eigenvalue weighted by Gasteiger charge is -1.96. The molecule has 1 aromatic heterocycles. The topological polar surface area (TPSA) is 72.0 Å². The van der Waals surface area contributed by atoms with Crippen molar-refractivity contribution in [2.75, 3.05) is 5.32 Å². The van der Waals surface area contributed by atoms with Crippen LogP contribution in [0.5, 0.6) is 0 Å². The van der Waals surface area contributed by atoms with Crippen molar-refractivity contribution in [1.82, 2.24) is 10.2 Å². The Bertz CT molecular complexity index is 334. The van der Waals surface area contributed by atoms with Crippen LogP contribution in [0.3, 0.4) is 0 Å². The average Bonchev–Trinajstić information content (AvgIpc) is 2.33. The standard InChI is InChI=1S/C7H9N3O2S/c1-4(11)3-6(12)8-7-10-9-5(2)13-7/h3H2,1-2H3,(H,8,10,12). The summed E-state index contributed by atoms with van der Waals surface area (Å²) in [7, 11) is 0. The van der Waals surface area contributed by atoms with Crippen molar-refractivity contribution in [3.63, 3.8) is 0 Å². The monoisotopic (exact) mass is 199 g/mol. The fourth-order valence-electron chi connectivity index (χ4n) is 0.737. The van der Waals surface area contributed by atoms with E-state index in [1.54, 1.807) is 6.92 Å². The van der Waals surface area contributed by atoms with E-state index in [9.17, 15) is 9.59 Å². The minimum Gasteiger partial charge on any atom is -0.300 e. The Labute approximate surface area is 79.2 Å². The van der Waals surface area contributed by atoms with E-state index in [1.807, 2.05) is 0 Å². The van der Waals surface area contributed by atoms with Crippen molar-refractivity contribution < 1.29 is 9.59 Å². The van der Waals surface area contributed by atoms with E-state index >= 15 is 0 Å². The van der Waals surface area contributed by atoms with Crippen LogP contribution < -0.4 is 5.32 Å². The number of anilines is 1. The van der Waals surface area contributed by atoms with E-state index in [4.69, 9.17) is 0 Å². The van der Waals surface area contributed by atoms with Gasteiger partial charge in [-0.25, -0.2) is 0 Å². The van der Waals surface area contributed by atoms with Gasteiger partial charge in [-0.15, -0.1) is 10.2 Å². The predicted molar refractivity (Wildman–Crippen MR) is 48.6 cm³/mol. The van der Waals surface area contributed by atoms with E-state index < -0.39 is 0 Å². The van der Waals surface area contributed by atoms with Crippen molar-refractivity contribution >= 4 is 28.2 Å². The molecule has 0 bridgehead atoms. The summed E-state index contributed by atoms with van der Waals surface area (Å²) in [6.45, 7) is 3.16. The first kappa shape index (κ1) is 9.79. The van der Waals surface area contributed by atoms with Crippen LogP contribution in [-0.4, -0.2) is 21.9 Å². The molecule has 1 N–H and O–H groups in total. The zero-order chi connectivity index (χ0) is 9.84. The third-order valence-electron chi connectivity index (χ3n) is 1.18. The smallest absolute Gasteiger partial charge is 0.233 e. The summed E-state index contributed by atoms with van der Waals surface area (Å²) in [6, 6.07) is 0. The van der Waals surface area contributed by atoms with Gasteiger partial charge in [-0.05, 0) is 13.8 Å². The van der Waals surface area contributed by atoms with Crippen molar-refractivity contribution in [2.45, 2.75) is 20.3 Å². The molecule has 1 amide bonds. The molecule has 5 nitrogen and oxygen atoms in total. The van der Waals surface area contributed by atoms with Crippen molar-refractivity contribution in [1.29, 1.82) is 0 Å². The van der Waals surface area contributed by atoms with Gasteiger partial charge in [0.1, 0.15) is 10.8 Å². The maximum atomic E-state index is 11.0. The first-order valence-electron chi connectivity index (χ1n) is 3.67. The third-order valence-corrected chi connectivity index (χ3v) is 1.94. The molecule has 0 fully saturated rings. The molecule has 0 aromatic carbocycles. The molecule has 0 aliphatic rings. The van der Waals surface area contributed by atoms with E-state index in [1.165, 1.54) is 18.3 Å². The Kier molecular flexibility index (Phi) is 3.07. The number of rotatable bonds is 3. The van der Waals surface area contributed by atoms with Crippen LogP contribution in [-0.2, 0) is 9.59 Å². The Morgan fingerprint density at radius 2 is 2.15 bits per heavy atom. The average molecular weight is 199 g/mol. The minimum absolute atomic E-state index is 0.112. The first-order chi connectivity index (χ1) is 6.08. The number of ketones is 1. The maximum Gasteiger partial charge on any atom is 0.233 e. The predicted octanol–water partition coefficient (Wildman–Crippen LogP) is 0.764. The van der Waals surface area contributed by atoms with Gasteiger partial charge in [0.05, 0.1) is 6.42 Å². The van der Waals surface area contributed by atoms with Crippen LogP contribution >= 0.6 is 11.3 Å². The highest BCUT2D eigenvalue weighted by molar-refractivity contribution is 7.15. The minimum atomic E-state index is -0.344. The Balaban J connectivity index is 2.50. The van der Waals surface area contributed by atoms with Gasteiger partial charge in [-0.1, -0.05) is 11.3 Å². The largest absolute Gasteiger partial charge is 0.300 e. The van der Waals surface area contributed by atoms with E-state index in [-0.39, 0.29) is 18.1 Å². The van der Waals surface area contributed by atoms with Gasteiger partial charge in [0.15, 0.2) is 0 Å². The van der Waals surface area contributed by atoms with Crippen LogP contribution in [0.2, 0.25) is 0 Å². The molecule has 0 radical (unpaired) electrons. The number of amides is 1. The quantitative estimate of drug-likeness (QED) is 0.729. The van der Waals surface area contributed by atoms with Crippen molar-refractivity contribution in [2.24, 2.45) is 0 Å². The molecule has 1 heterocycles. The maximum absolute atomic E-state index is 11.0. The van der Waals surface area contributed by atoms with Gasteiger partial charge in [0.2, 0.25) is 11.0 Å². The molecule has 0 atom stereocenters. The number of Topliss-reactive ketones (excluding diaryl/α,β-unsaturated/α-hetero) is 1. The molecule has 0 unspecified atom stereocenters. The molecule has 0 aliphatic heterocycles. The van der Waals surface area contributed by atoms with E-state index in [0.717, 1.165) is 5.01 Å². The van der Waals surface area contributed by atoms with Crippen LogP contribution in [0, 0.1) is 6.92 Å². The van der Waals surface area contributed by atoms with E-state index in [0.29, 0.717) is 5.13 Å². The summed E-state index contributed by atoms with van der Waals surface area (Å²) in [5.74, 6) is -0.512. The number of nitrogens with one attached hydrogen (secondary N) is 1. The van der Waals surface area contributed by atoms with Gasteiger partial charge >= 0.3 is 0 Å². The SMILES string of the molecule is CC(=O)CC(=O)Nc1nnc(C)s1. The Hall–Kier alpha value is -1.30. The molecule has 6 heteroatoms. The molecular formula is C7H9N3O2S. The highest BCUT2D eigenvalue weighted by Crippen LogP contribution is 2.13. The van der Waals surface area contributed by atoms with Crippen LogP contribution in [0.25, 0.3) is 0 Å². The number of hydrogen-bond acceptors (Lipinski definition) is 5. The normalized spacial score (nSPS) is 9.69. The number of nitrogens with zero attached hydrogens (tertiary/aromatic N) is 2. The number of aryl methyl sites for hydroxylation is 1. The lowest BCUT2D eigenvalue weighted by molar-refractivity contribution is -0.124. The summed E-state index contributed by atoms with van der Waals surface area (Å²) in [6.07, 6.45) is -0.112. The Morgan fingerprint density at radius 3 is 2.62 bits per heavy atom. The molecular weight excluding hydrogens is 190 g/mol. The highest BCUT2D eigenvalue weighted by Gasteiger charge is 2.07. The van der Waals surface area contributed by atoms with Crippen LogP contribution in [0.1, 0.15) is 18.4 Å². The fraction of sp³-hybridized carbons (Fsp3) is 0.429. The molecule has 0 aliphatic carbocycles. The van der Waals surface area contributed by atoms with Gasteiger partial charge in [-0.3, -0.25) is 9.59 Å². The summed E-state index contributed by atoms with van der Waals surface area (Å²) in [5.41, 5.74) is 0. The fourth-order valence-corrected chi connectivity index (χ4v) is 1.34. The van der Waals surface area contributed by atoms with Gasteiger partial charge in [-0.2, -0.15) is 0 Å². The van der Waals surface area contributed by atoms with Gasteiger partial charge in [0.25, 0.3) is 0 Å². The summed E-state index contributed by atoms with van der Waals surface area (Å²) in [5, 5.41) is 11.1. The van der Waals surface area contributed by atoms with Crippen molar-refractivity contribution in [3.05, 3.63) is 5.01 Å².